The first-order valence-corrected chi connectivity index (χ1v) is 5.77. The Kier molecular flexibility index (Phi) is 3.79. The summed E-state index contributed by atoms with van der Waals surface area (Å²) in [7, 11) is 3.29. The summed E-state index contributed by atoms with van der Waals surface area (Å²) in [5, 5.41) is 2.26. The fourth-order valence-electron chi connectivity index (χ4n) is 1.87. The van der Waals surface area contributed by atoms with Gasteiger partial charge in [-0.3, -0.25) is 4.79 Å². The lowest BCUT2D eigenvalue weighted by Gasteiger charge is -2.10. The summed E-state index contributed by atoms with van der Waals surface area (Å²) in [6, 6.07) is 11.3. The van der Waals surface area contributed by atoms with Crippen LogP contribution in [0.2, 0.25) is 0 Å². The molecule has 1 radical (unpaired) electrons. The van der Waals surface area contributed by atoms with Gasteiger partial charge in [-0.05, 0) is 29.3 Å². The molecule has 0 unspecified atom stereocenters. The maximum Gasteiger partial charge on any atom is 0.416 e. The molecule has 103 valence electrons. The molecule has 0 heterocycles. The van der Waals surface area contributed by atoms with E-state index < -0.39 is 11.7 Å². The highest BCUT2D eigenvalue weighted by molar-refractivity contribution is 6.00. The molecule has 0 atom stereocenters. The van der Waals surface area contributed by atoms with Gasteiger partial charge in [-0.15, -0.1) is 0 Å². The van der Waals surface area contributed by atoms with Crippen LogP contribution in [0.1, 0.15) is 15.9 Å². The van der Waals surface area contributed by atoms with E-state index in [-0.39, 0.29) is 5.91 Å². The van der Waals surface area contributed by atoms with Crippen molar-refractivity contribution in [2.45, 2.75) is 6.18 Å². The van der Waals surface area contributed by atoms with Crippen LogP contribution in [-0.4, -0.2) is 5.91 Å². The summed E-state index contributed by atoms with van der Waals surface area (Å²) >= 11 is 0. The normalized spacial score (nSPS) is 11.2. The van der Waals surface area contributed by atoms with Gasteiger partial charge in [-0.1, -0.05) is 30.3 Å². The van der Waals surface area contributed by atoms with Gasteiger partial charge in [0.05, 0.1) is 5.56 Å². The Labute approximate surface area is 114 Å². The Morgan fingerprint density at radius 3 is 2.15 bits per heavy atom. The minimum absolute atomic E-state index is 0.363. The smallest absolute Gasteiger partial charge is 0.350 e. The van der Waals surface area contributed by atoms with E-state index in [0.29, 0.717) is 16.7 Å². The molecular formula is C15H11F3NO. The Balaban J connectivity index is 2.45. The Bertz CT molecular complexity index is 618. The van der Waals surface area contributed by atoms with Crippen LogP contribution in [0.5, 0.6) is 0 Å². The summed E-state index contributed by atoms with van der Waals surface area (Å²) in [6.07, 6.45) is -4.37. The molecule has 0 fully saturated rings. The molecule has 0 bridgehead atoms. The molecule has 0 aliphatic rings. The van der Waals surface area contributed by atoms with Crippen LogP contribution in [0.4, 0.5) is 13.2 Å². The lowest BCUT2D eigenvalue weighted by molar-refractivity contribution is -0.137. The van der Waals surface area contributed by atoms with Crippen molar-refractivity contribution in [3.63, 3.8) is 0 Å². The predicted molar refractivity (Wildman–Crippen MR) is 69.7 cm³/mol. The molecular weight excluding hydrogens is 267 g/mol. The van der Waals surface area contributed by atoms with E-state index >= 15 is 0 Å². The van der Waals surface area contributed by atoms with Crippen molar-refractivity contribution < 1.29 is 18.0 Å². The summed E-state index contributed by atoms with van der Waals surface area (Å²) in [6.45, 7) is 0. The highest BCUT2D eigenvalue weighted by Crippen LogP contribution is 2.31. The standard InChI is InChI=1S/C15H11F3NO/c1-19-14(20)13-5-3-2-4-12(13)10-6-8-11(9-7-10)15(16,17)18/h2-9H,1H2,(H,19,20). The molecule has 0 aromatic heterocycles. The number of nitrogens with one attached hydrogen (secondary N) is 1. The third kappa shape index (κ3) is 2.82. The number of hydrogen-bond donors (Lipinski definition) is 1. The molecule has 1 amide bonds. The van der Waals surface area contributed by atoms with Gasteiger partial charge in [0, 0.05) is 12.6 Å². The Morgan fingerprint density at radius 2 is 1.60 bits per heavy atom. The zero-order valence-electron chi connectivity index (χ0n) is 10.4. The van der Waals surface area contributed by atoms with Crippen molar-refractivity contribution in [2.75, 3.05) is 0 Å². The number of amides is 1. The number of rotatable bonds is 2. The summed E-state index contributed by atoms with van der Waals surface area (Å²) in [5.41, 5.74) is 0.738. The first-order chi connectivity index (χ1) is 9.43. The van der Waals surface area contributed by atoms with E-state index in [2.05, 4.69) is 12.4 Å². The van der Waals surface area contributed by atoms with Crippen LogP contribution in [0.25, 0.3) is 11.1 Å². The van der Waals surface area contributed by atoms with Crippen LogP contribution in [-0.2, 0) is 6.18 Å². The van der Waals surface area contributed by atoms with E-state index in [4.69, 9.17) is 0 Å². The lowest BCUT2D eigenvalue weighted by atomic mass is 9.98. The SMILES string of the molecule is [CH2]NC(=O)c1ccccc1-c1ccc(C(F)(F)F)cc1. The molecule has 0 saturated carbocycles. The third-order valence-electron chi connectivity index (χ3n) is 2.86. The first-order valence-electron chi connectivity index (χ1n) is 5.77. The molecule has 1 N–H and O–H groups in total. The van der Waals surface area contributed by atoms with E-state index in [9.17, 15) is 18.0 Å². The predicted octanol–water partition coefficient (Wildman–Crippen LogP) is 3.89. The van der Waals surface area contributed by atoms with Crippen LogP contribution in [0, 0.1) is 7.05 Å². The largest absolute Gasteiger partial charge is 0.416 e. The van der Waals surface area contributed by atoms with Gasteiger partial charge in [0.1, 0.15) is 0 Å². The number of alkyl halides is 3. The molecule has 0 spiro atoms. The van der Waals surface area contributed by atoms with Crippen molar-refractivity contribution in [2.24, 2.45) is 0 Å². The van der Waals surface area contributed by atoms with Gasteiger partial charge in [0.25, 0.3) is 5.91 Å². The quantitative estimate of drug-likeness (QED) is 0.887. The molecule has 0 aliphatic heterocycles. The molecule has 20 heavy (non-hydrogen) atoms. The molecule has 0 aliphatic carbocycles. The summed E-state index contributed by atoms with van der Waals surface area (Å²) in [5.74, 6) is -0.388. The fourth-order valence-corrected chi connectivity index (χ4v) is 1.87. The van der Waals surface area contributed by atoms with Crippen LogP contribution in [0.3, 0.4) is 0 Å². The minimum Gasteiger partial charge on any atom is -0.350 e. The van der Waals surface area contributed by atoms with Crippen molar-refractivity contribution in [3.05, 3.63) is 66.7 Å². The number of hydrogen-bond acceptors (Lipinski definition) is 1. The summed E-state index contributed by atoms with van der Waals surface area (Å²) < 4.78 is 37.5. The minimum atomic E-state index is -4.37. The average molecular weight is 278 g/mol. The van der Waals surface area contributed by atoms with Crippen molar-refractivity contribution in [3.8, 4) is 11.1 Å². The van der Waals surface area contributed by atoms with Gasteiger partial charge in [-0.2, -0.15) is 13.2 Å². The van der Waals surface area contributed by atoms with Crippen molar-refractivity contribution in [1.29, 1.82) is 0 Å². The van der Waals surface area contributed by atoms with E-state index in [1.165, 1.54) is 12.1 Å². The second-order valence-corrected chi connectivity index (χ2v) is 4.13. The van der Waals surface area contributed by atoms with Crippen LogP contribution >= 0.6 is 0 Å². The summed E-state index contributed by atoms with van der Waals surface area (Å²) in [4.78, 5) is 11.7. The number of carbonyl (C=O) groups excluding carboxylic acids is 1. The molecule has 2 aromatic carbocycles. The molecule has 5 heteroatoms. The van der Waals surface area contributed by atoms with E-state index in [0.717, 1.165) is 12.1 Å². The van der Waals surface area contributed by atoms with Gasteiger partial charge in [0.15, 0.2) is 0 Å². The Hall–Kier alpha value is -2.30. The topological polar surface area (TPSA) is 29.1 Å². The second-order valence-electron chi connectivity index (χ2n) is 4.13. The van der Waals surface area contributed by atoms with Gasteiger partial charge >= 0.3 is 6.18 Å². The zero-order chi connectivity index (χ0) is 14.8. The monoisotopic (exact) mass is 278 g/mol. The number of benzene rings is 2. The second kappa shape index (κ2) is 5.36. The number of carbonyl (C=O) groups is 1. The van der Waals surface area contributed by atoms with Crippen molar-refractivity contribution >= 4 is 5.91 Å². The van der Waals surface area contributed by atoms with Gasteiger partial charge < -0.3 is 5.32 Å². The zero-order valence-corrected chi connectivity index (χ0v) is 10.4. The molecule has 2 aromatic rings. The maximum absolute atomic E-state index is 12.5. The third-order valence-corrected chi connectivity index (χ3v) is 2.86. The Morgan fingerprint density at radius 1 is 1.00 bits per heavy atom. The maximum atomic E-state index is 12.5. The highest BCUT2D eigenvalue weighted by atomic mass is 19.4. The number of halogens is 3. The lowest BCUT2D eigenvalue weighted by Crippen LogP contribution is -2.16. The highest BCUT2D eigenvalue weighted by Gasteiger charge is 2.30. The van der Waals surface area contributed by atoms with Gasteiger partial charge in [0.2, 0.25) is 0 Å². The molecule has 2 nitrogen and oxygen atoms in total. The van der Waals surface area contributed by atoms with Crippen molar-refractivity contribution in [1.82, 2.24) is 5.32 Å². The molecule has 0 saturated heterocycles. The van der Waals surface area contributed by atoms with Crippen LogP contribution in [0.15, 0.2) is 48.5 Å². The average Bonchev–Trinajstić information content (AvgIpc) is 2.45. The molecule has 2 rings (SSSR count). The van der Waals surface area contributed by atoms with Gasteiger partial charge in [-0.25, -0.2) is 0 Å². The van der Waals surface area contributed by atoms with Crippen LogP contribution < -0.4 is 5.32 Å². The van der Waals surface area contributed by atoms with E-state index in [1.807, 2.05) is 0 Å². The van der Waals surface area contributed by atoms with E-state index in [1.54, 1.807) is 24.3 Å². The fraction of sp³-hybridized carbons (Fsp3) is 0.0667. The first kappa shape index (κ1) is 14.1.